The molecule has 0 atom stereocenters. The Kier molecular flexibility index (Phi) is 3.13. The van der Waals surface area contributed by atoms with Crippen LogP contribution in [0.4, 0.5) is 0 Å². The molecule has 0 N–H and O–H groups in total. The van der Waals surface area contributed by atoms with Gasteiger partial charge in [-0.25, -0.2) is 0 Å². The third-order valence-electron chi connectivity index (χ3n) is 1.95. The van der Waals surface area contributed by atoms with E-state index in [-0.39, 0.29) is 17.4 Å². The van der Waals surface area contributed by atoms with Crippen molar-refractivity contribution in [3.63, 3.8) is 0 Å². The van der Waals surface area contributed by atoms with Crippen molar-refractivity contribution in [1.82, 2.24) is 0 Å². The first-order valence-corrected chi connectivity index (χ1v) is 4.78. The zero-order chi connectivity index (χ0) is 10.8. The Morgan fingerprint density at radius 2 is 1.50 bits per heavy atom. The second-order valence-electron chi connectivity index (χ2n) is 4.53. The number of rotatable bonds is 0. The largest absolute Gasteiger partial charge is 0.425 e. The molecule has 0 aromatic heterocycles. The lowest BCUT2D eigenvalue weighted by molar-refractivity contribution is -0.210. The minimum atomic E-state index is -0.761. The molecule has 1 fully saturated rings. The fourth-order valence-electron chi connectivity index (χ4n) is 1.11. The predicted octanol–water partition coefficient (Wildman–Crippen LogP) is 1.63. The molecule has 1 aliphatic heterocycles. The SMILES string of the molecule is CC(C)(C)C1OC(=O)CCCC(=O)O1. The molecule has 4 heteroatoms. The lowest BCUT2D eigenvalue weighted by Gasteiger charge is -2.30. The average molecular weight is 200 g/mol. The first-order chi connectivity index (χ1) is 6.39. The van der Waals surface area contributed by atoms with Crippen LogP contribution in [-0.2, 0) is 19.1 Å². The second kappa shape index (κ2) is 3.98. The fraction of sp³-hybridized carbons (Fsp3) is 0.800. The smallest absolute Gasteiger partial charge is 0.308 e. The summed E-state index contributed by atoms with van der Waals surface area (Å²) in [5, 5.41) is 0. The number of cyclic esters (lactones) is 2. The Balaban J connectivity index is 2.70. The molecule has 0 aliphatic carbocycles. The van der Waals surface area contributed by atoms with Crippen molar-refractivity contribution < 1.29 is 19.1 Å². The molecule has 1 aliphatic rings. The molecule has 0 radical (unpaired) electrons. The molecule has 1 rings (SSSR count). The van der Waals surface area contributed by atoms with Gasteiger partial charge in [-0.15, -0.1) is 0 Å². The molecule has 14 heavy (non-hydrogen) atoms. The van der Waals surface area contributed by atoms with E-state index in [1.165, 1.54) is 0 Å². The van der Waals surface area contributed by atoms with Gasteiger partial charge in [-0.05, 0) is 6.42 Å². The van der Waals surface area contributed by atoms with E-state index < -0.39 is 6.29 Å². The Hall–Kier alpha value is -1.06. The third kappa shape index (κ3) is 3.01. The van der Waals surface area contributed by atoms with Gasteiger partial charge in [0, 0.05) is 18.3 Å². The van der Waals surface area contributed by atoms with E-state index in [2.05, 4.69) is 0 Å². The van der Waals surface area contributed by atoms with Crippen LogP contribution in [0.25, 0.3) is 0 Å². The first kappa shape index (κ1) is 11.0. The lowest BCUT2D eigenvalue weighted by Crippen LogP contribution is -2.37. The van der Waals surface area contributed by atoms with Gasteiger partial charge in [0.15, 0.2) is 0 Å². The fourth-order valence-corrected chi connectivity index (χ4v) is 1.11. The summed E-state index contributed by atoms with van der Waals surface area (Å²) in [6, 6.07) is 0. The molecule has 0 aromatic rings. The minimum absolute atomic E-state index is 0.293. The predicted molar refractivity (Wildman–Crippen MR) is 49.3 cm³/mol. The van der Waals surface area contributed by atoms with Crippen molar-refractivity contribution in [2.75, 3.05) is 0 Å². The zero-order valence-electron chi connectivity index (χ0n) is 8.83. The second-order valence-corrected chi connectivity index (χ2v) is 4.53. The van der Waals surface area contributed by atoms with Crippen molar-refractivity contribution in [1.29, 1.82) is 0 Å². The summed E-state index contributed by atoms with van der Waals surface area (Å²) in [4.78, 5) is 22.4. The van der Waals surface area contributed by atoms with Crippen molar-refractivity contribution in [3.05, 3.63) is 0 Å². The van der Waals surface area contributed by atoms with Crippen LogP contribution in [0.15, 0.2) is 0 Å². The van der Waals surface area contributed by atoms with E-state index in [9.17, 15) is 9.59 Å². The van der Waals surface area contributed by atoms with E-state index in [1.54, 1.807) is 0 Å². The third-order valence-corrected chi connectivity index (χ3v) is 1.95. The van der Waals surface area contributed by atoms with Gasteiger partial charge in [0.05, 0.1) is 0 Å². The summed E-state index contributed by atoms with van der Waals surface area (Å²) in [6.45, 7) is 5.58. The van der Waals surface area contributed by atoms with Crippen molar-refractivity contribution in [2.24, 2.45) is 5.41 Å². The van der Waals surface area contributed by atoms with Crippen LogP contribution in [-0.4, -0.2) is 18.2 Å². The number of hydrogen-bond donors (Lipinski definition) is 0. The van der Waals surface area contributed by atoms with Gasteiger partial charge in [0.2, 0.25) is 0 Å². The van der Waals surface area contributed by atoms with Gasteiger partial charge < -0.3 is 9.47 Å². The van der Waals surface area contributed by atoms with Gasteiger partial charge in [-0.3, -0.25) is 9.59 Å². The van der Waals surface area contributed by atoms with Crippen LogP contribution in [0.2, 0.25) is 0 Å². The van der Waals surface area contributed by atoms with E-state index >= 15 is 0 Å². The highest BCUT2D eigenvalue weighted by Crippen LogP contribution is 2.25. The highest BCUT2D eigenvalue weighted by atomic mass is 16.7. The molecule has 0 bridgehead atoms. The number of carbonyl (C=O) groups is 2. The summed E-state index contributed by atoms with van der Waals surface area (Å²) in [6.07, 6.45) is 0.334. The zero-order valence-corrected chi connectivity index (χ0v) is 8.83. The topological polar surface area (TPSA) is 52.6 Å². The van der Waals surface area contributed by atoms with Gasteiger partial charge in [0.1, 0.15) is 0 Å². The summed E-state index contributed by atoms with van der Waals surface area (Å²) in [5.74, 6) is -0.588. The lowest BCUT2D eigenvalue weighted by atomic mass is 9.95. The van der Waals surface area contributed by atoms with Gasteiger partial charge in [0.25, 0.3) is 6.29 Å². The van der Waals surface area contributed by atoms with Gasteiger partial charge >= 0.3 is 11.9 Å². The molecule has 0 spiro atoms. The van der Waals surface area contributed by atoms with Gasteiger partial charge in [-0.2, -0.15) is 0 Å². The van der Waals surface area contributed by atoms with E-state index in [1.807, 2.05) is 20.8 Å². The molecule has 0 amide bonds. The Morgan fingerprint density at radius 1 is 1.07 bits per heavy atom. The van der Waals surface area contributed by atoms with Crippen LogP contribution in [0.3, 0.4) is 0 Å². The molecule has 0 aromatic carbocycles. The van der Waals surface area contributed by atoms with Gasteiger partial charge in [-0.1, -0.05) is 20.8 Å². The maximum absolute atomic E-state index is 11.2. The average Bonchev–Trinajstić information content (AvgIpc) is 1.98. The number of hydrogen-bond acceptors (Lipinski definition) is 4. The van der Waals surface area contributed by atoms with Crippen LogP contribution in [0.1, 0.15) is 40.0 Å². The first-order valence-electron chi connectivity index (χ1n) is 4.78. The van der Waals surface area contributed by atoms with E-state index in [4.69, 9.17) is 9.47 Å². The maximum atomic E-state index is 11.2. The normalized spacial score (nSPS) is 20.8. The maximum Gasteiger partial charge on any atom is 0.308 e. The molecule has 4 nitrogen and oxygen atoms in total. The molecular weight excluding hydrogens is 184 g/mol. The van der Waals surface area contributed by atoms with Crippen LogP contribution >= 0.6 is 0 Å². The van der Waals surface area contributed by atoms with Crippen LogP contribution < -0.4 is 0 Å². The summed E-state index contributed by atoms with van der Waals surface area (Å²) >= 11 is 0. The highest BCUT2D eigenvalue weighted by molar-refractivity contribution is 5.74. The van der Waals surface area contributed by atoms with E-state index in [0.29, 0.717) is 19.3 Å². The standard InChI is InChI=1S/C10H16O4/c1-10(2,3)9-13-7(11)5-4-6-8(12)14-9/h9H,4-6H2,1-3H3. The van der Waals surface area contributed by atoms with E-state index in [0.717, 1.165) is 0 Å². The summed E-state index contributed by atoms with van der Waals surface area (Å²) in [5.41, 5.74) is -0.372. The monoisotopic (exact) mass is 200 g/mol. The number of carbonyl (C=O) groups excluding carboxylic acids is 2. The summed E-state index contributed by atoms with van der Waals surface area (Å²) < 4.78 is 10.1. The van der Waals surface area contributed by atoms with Crippen LogP contribution in [0.5, 0.6) is 0 Å². The Labute approximate surface area is 83.6 Å². The molecule has 0 saturated carbocycles. The number of esters is 2. The summed E-state index contributed by atoms with van der Waals surface area (Å²) in [7, 11) is 0. The Bertz CT molecular complexity index is 221. The highest BCUT2D eigenvalue weighted by Gasteiger charge is 2.33. The molecular formula is C10H16O4. The molecule has 80 valence electrons. The molecule has 0 unspecified atom stereocenters. The quantitative estimate of drug-likeness (QED) is 0.558. The molecule has 1 saturated heterocycles. The molecule has 1 heterocycles. The van der Waals surface area contributed by atoms with Crippen molar-refractivity contribution in [2.45, 2.75) is 46.3 Å². The Morgan fingerprint density at radius 3 is 1.86 bits per heavy atom. The van der Waals surface area contributed by atoms with Crippen LogP contribution in [0, 0.1) is 5.41 Å². The minimum Gasteiger partial charge on any atom is -0.425 e. The van der Waals surface area contributed by atoms with Crippen molar-refractivity contribution in [3.8, 4) is 0 Å². The van der Waals surface area contributed by atoms with Crippen molar-refractivity contribution >= 4 is 11.9 Å². The number of ether oxygens (including phenoxy) is 2.